The molecule has 0 heterocycles. The molecule has 37 heavy (non-hydrogen) atoms. The van der Waals surface area contributed by atoms with Crippen LogP contribution in [0.1, 0.15) is 58.2 Å². The number of rotatable bonds is 9. The number of nitrogens with one attached hydrogen (secondary N) is 1. The zero-order valence-corrected chi connectivity index (χ0v) is 23.0. The molecule has 3 aromatic rings. The average Bonchev–Trinajstić information content (AvgIpc) is 2.84. The smallest absolute Gasteiger partial charge is 0.261 e. The van der Waals surface area contributed by atoms with Crippen molar-refractivity contribution >= 4 is 11.8 Å². The molecular formula is C32H40N2O3. The van der Waals surface area contributed by atoms with Crippen molar-refractivity contribution in [2.75, 3.05) is 6.61 Å². The van der Waals surface area contributed by atoms with E-state index in [4.69, 9.17) is 4.74 Å². The molecule has 5 nitrogen and oxygen atoms in total. The van der Waals surface area contributed by atoms with E-state index in [1.165, 1.54) is 5.56 Å². The quantitative estimate of drug-likeness (QED) is 0.397. The summed E-state index contributed by atoms with van der Waals surface area (Å²) in [6, 6.07) is 26.7. The Kier molecular flexibility index (Phi) is 9.14. The minimum Gasteiger partial charge on any atom is -0.484 e. The van der Waals surface area contributed by atoms with Crippen molar-refractivity contribution in [1.29, 1.82) is 0 Å². The van der Waals surface area contributed by atoms with Gasteiger partial charge in [0.1, 0.15) is 11.8 Å². The lowest BCUT2D eigenvalue weighted by molar-refractivity contribution is -0.143. The zero-order chi connectivity index (χ0) is 27.1. The van der Waals surface area contributed by atoms with Crippen molar-refractivity contribution in [2.24, 2.45) is 0 Å². The normalized spacial score (nSPS) is 12.5. The second kappa shape index (κ2) is 12.1. The Morgan fingerprint density at radius 2 is 1.32 bits per heavy atom. The first-order valence-corrected chi connectivity index (χ1v) is 12.8. The molecule has 1 atom stereocenters. The predicted octanol–water partition coefficient (Wildman–Crippen LogP) is 5.92. The number of hydrogen-bond acceptors (Lipinski definition) is 3. The van der Waals surface area contributed by atoms with Crippen molar-refractivity contribution in [3.63, 3.8) is 0 Å². The second-order valence-electron chi connectivity index (χ2n) is 11.5. The van der Waals surface area contributed by atoms with Crippen molar-refractivity contribution < 1.29 is 14.3 Å². The number of benzene rings is 3. The van der Waals surface area contributed by atoms with Gasteiger partial charge in [-0.25, -0.2) is 0 Å². The molecule has 0 spiro atoms. The van der Waals surface area contributed by atoms with Gasteiger partial charge in [-0.05, 0) is 55.0 Å². The summed E-state index contributed by atoms with van der Waals surface area (Å²) >= 11 is 0. The molecule has 196 valence electrons. The monoisotopic (exact) mass is 500 g/mol. The van der Waals surface area contributed by atoms with E-state index in [9.17, 15) is 9.59 Å². The Labute approximate surface area is 221 Å². The Morgan fingerprint density at radius 1 is 0.784 bits per heavy atom. The summed E-state index contributed by atoms with van der Waals surface area (Å²) in [5.41, 5.74) is 2.73. The van der Waals surface area contributed by atoms with Gasteiger partial charge in [0.2, 0.25) is 5.91 Å². The Bertz CT molecular complexity index is 1140. The minimum absolute atomic E-state index is 0.0336. The van der Waals surface area contributed by atoms with Crippen molar-refractivity contribution in [3.05, 3.63) is 102 Å². The van der Waals surface area contributed by atoms with Gasteiger partial charge in [-0.3, -0.25) is 9.59 Å². The molecule has 0 aliphatic carbocycles. The number of carbonyl (C=O) groups excluding carboxylic acids is 2. The van der Waals surface area contributed by atoms with Gasteiger partial charge in [-0.2, -0.15) is 0 Å². The molecule has 3 aromatic carbocycles. The van der Waals surface area contributed by atoms with E-state index in [0.29, 0.717) is 18.7 Å². The maximum absolute atomic E-state index is 13.7. The highest BCUT2D eigenvalue weighted by atomic mass is 16.5. The largest absolute Gasteiger partial charge is 0.484 e. The van der Waals surface area contributed by atoms with E-state index in [1.807, 2.05) is 106 Å². The maximum atomic E-state index is 13.7. The van der Waals surface area contributed by atoms with E-state index in [2.05, 4.69) is 26.1 Å². The molecule has 0 saturated heterocycles. The van der Waals surface area contributed by atoms with Crippen molar-refractivity contribution in [1.82, 2.24) is 10.2 Å². The Morgan fingerprint density at radius 3 is 1.84 bits per heavy atom. The third-order valence-electron chi connectivity index (χ3n) is 6.05. The molecule has 5 heteroatoms. The summed E-state index contributed by atoms with van der Waals surface area (Å²) in [5, 5.41) is 3.08. The molecule has 2 amide bonds. The number of hydrogen-bond donors (Lipinski definition) is 1. The molecule has 0 saturated carbocycles. The molecular weight excluding hydrogens is 460 g/mol. The number of carbonyl (C=O) groups is 2. The highest BCUT2D eigenvalue weighted by Gasteiger charge is 2.32. The summed E-state index contributed by atoms with van der Waals surface area (Å²) in [5.74, 6) is 0.198. The fourth-order valence-corrected chi connectivity index (χ4v) is 4.07. The van der Waals surface area contributed by atoms with E-state index in [1.54, 1.807) is 4.90 Å². The second-order valence-corrected chi connectivity index (χ2v) is 11.5. The highest BCUT2D eigenvalue weighted by Crippen LogP contribution is 2.24. The summed E-state index contributed by atoms with van der Waals surface area (Å²) in [6.07, 6.45) is 0.404. The van der Waals surface area contributed by atoms with Gasteiger partial charge in [0.05, 0.1) is 0 Å². The van der Waals surface area contributed by atoms with Gasteiger partial charge in [0.25, 0.3) is 5.91 Å². The molecule has 1 N–H and O–H groups in total. The van der Waals surface area contributed by atoms with E-state index < -0.39 is 11.6 Å². The third-order valence-corrected chi connectivity index (χ3v) is 6.05. The number of amides is 2. The summed E-state index contributed by atoms with van der Waals surface area (Å²) in [4.78, 5) is 28.9. The summed E-state index contributed by atoms with van der Waals surface area (Å²) in [6.45, 7) is 12.4. The fourth-order valence-electron chi connectivity index (χ4n) is 4.07. The van der Waals surface area contributed by atoms with Crippen LogP contribution >= 0.6 is 0 Å². The van der Waals surface area contributed by atoms with Crippen LogP contribution in [0.4, 0.5) is 0 Å². The van der Waals surface area contributed by atoms with E-state index in [-0.39, 0.29) is 23.8 Å². The molecule has 0 fully saturated rings. The van der Waals surface area contributed by atoms with Crippen molar-refractivity contribution in [2.45, 2.75) is 71.5 Å². The van der Waals surface area contributed by atoms with Gasteiger partial charge in [0.15, 0.2) is 6.61 Å². The fraction of sp³-hybridized carbons (Fsp3) is 0.375. The van der Waals surface area contributed by atoms with Crippen LogP contribution in [0.3, 0.4) is 0 Å². The van der Waals surface area contributed by atoms with E-state index in [0.717, 1.165) is 11.1 Å². The van der Waals surface area contributed by atoms with Crippen molar-refractivity contribution in [3.8, 4) is 5.75 Å². The predicted molar refractivity (Wildman–Crippen MR) is 149 cm³/mol. The van der Waals surface area contributed by atoms with Gasteiger partial charge < -0.3 is 15.0 Å². The Hall–Kier alpha value is -3.60. The topological polar surface area (TPSA) is 58.6 Å². The minimum atomic E-state index is -0.693. The maximum Gasteiger partial charge on any atom is 0.261 e. The van der Waals surface area contributed by atoms with Crippen LogP contribution in [-0.2, 0) is 28.0 Å². The zero-order valence-electron chi connectivity index (χ0n) is 23.0. The van der Waals surface area contributed by atoms with Crippen LogP contribution in [0.2, 0.25) is 0 Å². The van der Waals surface area contributed by atoms with Crippen LogP contribution in [0.25, 0.3) is 0 Å². The molecule has 0 aliphatic heterocycles. The van der Waals surface area contributed by atoms with Crippen LogP contribution < -0.4 is 10.1 Å². The molecule has 0 unspecified atom stereocenters. The van der Waals surface area contributed by atoms with E-state index >= 15 is 0 Å². The van der Waals surface area contributed by atoms with Gasteiger partial charge in [0, 0.05) is 18.5 Å². The number of nitrogens with zero attached hydrogens (tertiary/aromatic N) is 1. The SMILES string of the molecule is CC(C)(C)NC(=O)[C@H](Cc1ccccc1)N(Cc1ccccc1)C(=O)COc1ccc(C(C)(C)C)cc1. The standard InChI is InChI=1S/C32H40N2O3/c1-31(2,3)26-17-19-27(20-18-26)37-23-29(35)34(22-25-15-11-8-12-16-25)28(30(36)33-32(4,5)6)21-24-13-9-7-10-14-24/h7-20,28H,21-23H2,1-6H3,(H,33,36)/t28-/m0/s1. The number of ether oxygens (including phenoxy) is 1. The van der Waals surface area contributed by atoms with Gasteiger partial charge in [-0.15, -0.1) is 0 Å². The molecule has 0 radical (unpaired) electrons. The first kappa shape index (κ1) is 28.0. The lowest BCUT2D eigenvalue weighted by atomic mass is 9.87. The van der Waals surface area contributed by atoms with Crippen LogP contribution in [-0.4, -0.2) is 34.9 Å². The van der Waals surface area contributed by atoms with Gasteiger partial charge in [-0.1, -0.05) is 93.6 Å². The summed E-state index contributed by atoms with van der Waals surface area (Å²) < 4.78 is 5.91. The average molecular weight is 501 g/mol. The summed E-state index contributed by atoms with van der Waals surface area (Å²) in [7, 11) is 0. The molecule has 0 aromatic heterocycles. The lowest BCUT2D eigenvalue weighted by Gasteiger charge is -2.33. The van der Waals surface area contributed by atoms with Crippen LogP contribution in [0, 0.1) is 0 Å². The molecule has 3 rings (SSSR count). The van der Waals surface area contributed by atoms with Gasteiger partial charge >= 0.3 is 0 Å². The van der Waals surface area contributed by atoms with Crippen LogP contribution in [0.5, 0.6) is 5.75 Å². The highest BCUT2D eigenvalue weighted by molar-refractivity contribution is 5.89. The molecule has 0 bridgehead atoms. The molecule has 0 aliphatic rings. The third kappa shape index (κ3) is 8.78. The first-order chi connectivity index (χ1) is 17.4. The first-order valence-electron chi connectivity index (χ1n) is 12.8. The van der Waals surface area contributed by atoms with Crippen LogP contribution in [0.15, 0.2) is 84.9 Å². The Balaban J connectivity index is 1.87. The lowest BCUT2D eigenvalue weighted by Crippen LogP contribution is -2.55.